The van der Waals surface area contributed by atoms with E-state index in [9.17, 15) is 14.7 Å². The van der Waals surface area contributed by atoms with Crippen molar-refractivity contribution >= 4 is 17.4 Å². The third-order valence-electron chi connectivity index (χ3n) is 6.73. The number of aliphatic hydroxyl groups excluding tert-OH is 1. The Bertz CT molecular complexity index is 1310. The fourth-order valence-corrected chi connectivity index (χ4v) is 4.72. The molecule has 1 aliphatic rings. The summed E-state index contributed by atoms with van der Waals surface area (Å²) >= 11 is 0. The Morgan fingerprint density at radius 3 is 2.35 bits per heavy atom. The molecular weight excluding hydrogens is 466 g/mol. The van der Waals surface area contributed by atoms with Crippen molar-refractivity contribution < 1.29 is 23.8 Å². The number of aliphatic hydroxyl groups is 1. The Balaban J connectivity index is 1.88. The molecule has 1 unspecified atom stereocenters. The standard InChI is InChI=1S/C31H35NO5/c1-7-36-25-15-14-22(17-24(25)31(4,5)6)28(33)26-27(21-12-10-20(11-13-21)19(2)3)32(30(35)29(26)34)18-23-9-8-16-37-23/h8-17,19,27,33H,7,18H2,1-6H3/b28-26-. The van der Waals surface area contributed by atoms with Gasteiger partial charge in [0.2, 0.25) is 0 Å². The Hall–Kier alpha value is -3.80. The number of carbonyl (C=O) groups is 2. The molecule has 2 aromatic carbocycles. The van der Waals surface area contributed by atoms with Gasteiger partial charge in [0.15, 0.2) is 0 Å². The Morgan fingerprint density at radius 1 is 1.08 bits per heavy atom. The molecule has 1 fully saturated rings. The number of hydrogen-bond donors (Lipinski definition) is 1. The van der Waals surface area contributed by atoms with E-state index in [1.54, 1.807) is 18.2 Å². The lowest BCUT2D eigenvalue weighted by atomic mass is 9.84. The number of benzene rings is 2. The number of furan rings is 1. The van der Waals surface area contributed by atoms with Crippen LogP contribution in [0.4, 0.5) is 0 Å². The minimum atomic E-state index is -0.754. The second kappa shape index (κ2) is 10.3. The first-order valence-electron chi connectivity index (χ1n) is 12.7. The molecule has 4 rings (SSSR count). The van der Waals surface area contributed by atoms with Crippen LogP contribution in [0.15, 0.2) is 70.9 Å². The van der Waals surface area contributed by atoms with E-state index in [-0.39, 0.29) is 23.3 Å². The van der Waals surface area contributed by atoms with Crippen LogP contribution in [0.5, 0.6) is 5.75 Å². The molecule has 0 aliphatic carbocycles. The fourth-order valence-electron chi connectivity index (χ4n) is 4.72. The lowest BCUT2D eigenvalue weighted by molar-refractivity contribution is -0.140. The number of nitrogens with zero attached hydrogens (tertiary/aromatic N) is 1. The molecule has 3 aromatic rings. The highest BCUT2D eigenvalue weighted by molar-refractivity contribution is 6.46. The maximum absolute atomic E-state index is 13.4. The highest BCUT2D eigenvalue weighted by atomic mass is 16.5. The zero-order valence-electron chi connectivity index (χ0n) is 22.4. The number of Topliss-reactive ketones (excluding diaryl/α,β-unsaturated/α-hetero) is 1. The predicted octanol–water partition coefficient (Wildman–Crippen LogP) is 6.72. The highest BCUT2D eigenvalue weighted by Gasteiger charge is 2.46. The summed E-state index contributed by atoms with van der Waals surface area (Å²) in [4.78, 5) is 28.1. The molecule has 1 N–H and O–H groups in total. The van der Waals surface area contributed by atoms with Crippen molar-refractivity contribution in [1.29, 1.82) is 0 Å². The summed E-state index contributed by atoms with van der Waals surface area (Å²) in [7, 11) is 0. The van der Waals surface area contributed by atoms with E-state index in [1.807, 2.05) is 43.3 Å². The van der Waals surface area contributed by atoms with Crippen LogP contribution in [0.3, 0.4) is 0 Å². The van der Waals surface area contributed by atoms with Crippen molar-refractivity contribution in [3.8, 4) is 5.75 Å². The molecule has 0 saturated carbocycles. The molecule has 37 heavy (non-hydrogen) atoms. The predicted molar refractivity (Wildman–Crippen MR) is 143 cm³/mol. The van der Waals surface area contributed by atoms with Gasteiger partial charge in [-0.3, -0.25) is 9.59 Å². The van der Waals surface area contributed by atoms with Crippen LogP contribution in [-0.4, -0.2) is 28.3 Å². The molecule has 1 amide bonds. The summed E-state index contributed by atoms with van der Waals surface area (Å²) in [6, 6.07) is 16.0. The van der Waals surface area contributed by atoms with Crippen molar-refractivity contribution in [3.63, 3.8) is 0 Å². The SMILES string of the molecule is CCOc1ccc(/C(O)=C2/C(=O)C(=O)N(Cc3ccco3)C2c2ccc(C(C)C)cc2)cc1C(C)(C)C. The minimum absolute atomic E-state index is 0.0675. The Labute approximate surface area is 218 Å². The van der Waals surface area contributed by atoms with Gasteiger partial charge in [-0.1, -0.05) is 58.9 Å². The molecule has 6 heteroatoms. The highest BCUT2D eigenvalue weighted by Crippen LogP contribution is 2.42. The summed E-state index contributed by atoms with van der Waals surface area (Å²) in [5, 5.41) is 11.6. The summed E-state index contributed by atoms with van der Waals surface area (Å²) in [5.41, 5.74) is 3.07. The zero-order chi connectivity index (χ0) is 26.9. The number of carbonyl (C=O) groups excluding carboxylic acids is 2. The molecule has 2 heterocycles. The van der Waals surface area contributed by atoms with Crippen molar-refractivity contribution in [2.45, 2.75) is 65.5 Å². The van der Waals surface area contributed by atoms with Gasteiger partial charge in [0.25, 0.3) is 11.7 Å². The van der Waals surface area contributed by atoms with Crippen LogP contribution >= 0.6 is 0 Å². The molecular formula is C31H35NO5. The van der Waals surface area contributed by atoms with Crippen LogP contribution in [0.25, 0.3) is 5.76 Å². The molecule has 0 bridgehead atoms. The molecule has 1 aromatic heterocycles. The number of ketones is 1. The number of likely N-dealkylation sites (tertiary alicyclic amines) is 1. The van der Waals surface area contributed by atoms with E-state index in [2.05, 4.69) is 34.6 Å². The number of ether oxygens (including phenoxy) is 1. The van der Waals surface area contributed by atoms with Gasteiger partial charge in [-0.05, 0) is 59.7 Å². The van der Waals surface area contributed by atoms with E-state index < -0.39 is 17.7 Å². The normalized spacial score (nSPS) is 17.6. The van der Waals surface area contributed by atoms with E-state index in [0.717, 1.165) is 22.4 Å². The smallest absolute Gasteiger partial charge is 0.296 e. The van der Waals surface area contributed by atoms with Gasteiger partial charge in [0.05, 0.1) is 31.0 Å². The summed E-state index contributed by atoms with van der Waals surface area (Å²) < 4.78 is 11.3. The van der Waals surface area contributed by atoms with Crippen molar-refractivity contribution in [2.24, 2.45) is 0 Å². The van der Waals surface area contributed by atoms with Crippen LogP contribution in [0.2, 0.25) is 0 Å². The van der Waals surface area contributed by atoms with Crippen LogP contribution < -0.4 is 4.74 Å². The largest absolute Gasteiger partial charge is 0.507 e. The number of rotatable bonds is 7. The Kier molecular flexibility index (Phi) is 7.30. The van der Waals surface area contributed by atoms with E-state index in [1.165, 1.54) is 11.2 Å². The van der Waals surface area contributed by atoms with Crippen molar-refractivity contribution in [2.75, 3.05) is 6.61 Å². The first-order chi connectivity index (χ1) is 17.5. The van der Waals surface area contributed by atoms with E-state index in [4.69, 9.17) is 9.15 Å². The molecule has 1 aliphatic heterocycles. The minimum Gasteiger partial charge on any atom is -0.507 e. The van der Waals surface area contributed by atoms with Crippen LogP contribution in [0, 0.1) is 0 Å². The molecule has 194 valence electrons. The van der Waals surface area contributed by atoms with Gasteiger partial charge in [-0.25, -0.2) is 0 Å². The summed E-state index contributed by atoms with van der Waals surface area (Å²) in [5.74, 6) is 0.0356. The first-order valence-corrected chi connectivity index (χ1v) is 12.7. The summed E-state index contributed by atoms with van der Waals surface area (Å²) in [6.07, 6.45) is 1.53. The fraction of sp³-hybridized carbons (Fsp3) is 0.355. The number of amides is 1. The monoisotopic (exact) mass is 501 g/mol. The maximum Gasteiger partial charge on any atom is 0.296 e. The molecule has 6 nitrogen and oxygen atoms in total. The van der Waals surface area contributed by atoms with Gasteiger partial charge in [-0.15, -0.1) is 0 Å². The van der Waals surface area contributed by atoms with E-state index in [0.29, 0.717) is 23.8 Å². The molecule has 1 atom stereocenters. The van der Waals surface area contributed by atoms with Gasteiger partial charge in [-0.2, -0.15) is 0 Å². The van der Waals surface area contributed by atoms with Gasteiger partial charge >= 0.3 is 0 Å². The molecule has 0 radical (unpaired) electrons. The third-order valence-corrected chi connectivity index (χ3v) is 6.73. The third kappa shape index (κ3) is 5.19. The first kappa shape index (κ1) is 26.3. The van der Waals surface area contributed by atoms with Crippen molar-refractivity contribution in [1.82, 2.24) is 4.90 Å². The molecule has 0 spiro atoms. The maximum atomic E-state index is 13.4. The second-order valence-electron chi connectivity index (χ2n) is 10.7. The van der Waals surface area contributed by atoms with Gasteiger partial charge in [0.1, 0.15) is 17.3 Å². The lowest BCUT2D eigenvalue weighted by Crippen LogP contribution is -2.29. The van der Waals surface area contributed by atoms with Crippen molar-refractivity contribution in [3.05, 3.63) is 94.4 Å². The Morgan fingerprint density at radius 2 is 1.78 bits per heavy atom. The topological polar surface area (TPSA) is 80.0 Å². The number of hydrogen-bond acceptors (Lipinski definition) is 5. The average Bonchev–Trinajstić information content (AvgIpc) is 3.46. The van der Waals surface area contributed by atoms with Crippen LogP contribution in [-0.2, 0) is 21.5 Å². The van der Waals surface area contributed by atoms with Gasteiger partial charge in [0, 0.05) is 11.1 Å². The summed E-state index contributed by atoms with van der Waals surface area (Å²) in [6.45, 7) is 13.0. The van der Waals surface area contributed by atoms with E-state index >= 15 is 0 Å². The lowest BCUT2D eigenvalue weighted by Gasteiger charge is -2.26. The van der Waals surface area contributed by atoms with Crippen LogP contribution in [0.1, 0.15) is 81.5 Å². The second-order valence-corrected chi connectivity index (χ2v) is 10.7. The van der Waals surface area contributed by atoms with Gasteiger partial charge < -0.3 is 19.2 Å². The average molecular weight is 502 g/mol. The zero-order valence-corrected chi connectivity index (χ0v) is 22.4. The quantitative estimate of drug-likeness (QED) is 0.221. The molecule has 1 saturated heterocycles.